The van der Waals surface area contributed by atoms with Crippen molar-refractivity contribution in [2.75, 3.05) is 0 Å². The molecule has 7 heteroatoms. The van der Waals surface area contributed by atoms with Crippen molar-refractivity contribution in [3.8, 4) is 22.5 Å². The van der Waals surface area contributed by atoms with E-state index in [-0.39, 0.29) is 0 Å². The van der Waals surface area contributed by atoms with Gasteiger partial charge in [-0.1, -0.05) is 0 Å². The van der Waals surface area contributed by atoms with Gasteiger partial charge in [0.1, 0.15) is 0 Å². The molecule has 0 amide bonds. The largest absolute Gasteiger partial charge is 0.296 e. The second-order valence-corrected chi connectivity index (χ2v) is 4.53. The Morgan fingerprint density at radius 3 is 2.70 bits per heavy atom. The normalized spacial score (nSPS) is 11.2. The molecule has 4 aromatic heterocycles. The number of rotatable bonds is 2. The van der Waals surface area contributed by atoms with Gasteiger partial charge in [-0.05, 0) is 0 Å². The van der Waals surface area contributed by atoms with Crippen LogP contribution in [0.2, 0.25) is 0 Å². The van der Waals surface area contributed by atoms with Crippen molar-refractivity contribution in [2.24, 2.45) is 7.05 Å². The Hall–Kier alpha value is -2.96. The van der Waals surface area contributed by atoms with Crippen molar-refractivity contribution < 1.29 is 0 Å². The van der Waals surface area contributed by atoms with Gasteiger partial charge in [0.25, 0.3) is 0 Å². The van der Waals surface area contributed by atoms with Gasteiger partial charge in [0, 0.05) is 36.8 Å². The van der Waals surface area contributed by atoms with E-state index in [1.807, 2.05) is 42.4 Å². The maximum Gasteiger partial charge on any atom is 0.155 e. The van der Waals surface area contributed by atoms with E-state index in [2.05, 4.69) is 25.3 Å². The van der Waals surface area contributed by atoms with E-state index in [1.165, 1.54) is 0 Å². The molecule has 4 aromatic rings. The molecule has 0 atom stereocenters. The topological polar surface area (TPSA) is 76.7 Å². The molecule has 20 heavy (non-hydrogen) atoms. The van der Waals surface area contributed by atoms with E-state index < -0.39 is 0 Å². The van der Waals surface area contributed by atoms with Crippen LogP contribution in [-0.2, 0) is 7.05 Å². The summed E-state index contributed by atoms with van der Waals surface area (Å²) in [6.45, 7) is 0. The van der Waals surface area contributed by atoms with E-state index >= 15 is 0 Å². The molecule has 98 valence electrons. The molecule has 0 bridgehead atoms. The number of aromatic amines is 1. The Labute approximate surface area is 113 Å². The third-order valence-electron chi connectivity index (χ3n) is 3.19. The Morgan fingerprint density at radius 2 is 1.95 bits per heavy atom. The van der Waals surface area contributed by atoms with Crippen LogP contribution in [0.5, 0.6) is 0 Å². The minimum atomic E-state index is 0.802. The van der Waals surface area contributed by atoms with Crippen LogP contribution in [0.4, 0.5) is 0 Å². The first-order chi connectivity index (χ1) is 9.81. The van der Waals surface area contributed by atoms with Gasteiger partial charge in [0.05, 0.1) is 36.2 Å². The van der Waals surface area contributed by atoms with Crippen LogP contribution in [0.1, 0.15) is 0 Å². The van der Waals surface area contributed by atoms with Gasteiger partial charge >= 0.3 is 0 Å². The highest BCUT2D eigenvalue weighted by molar-refractivity contribution is 5.64. The van der Waals surface area contributed by atoms with Gasteiger partial charge in [-0.3, -0.25) is 19.2 Å². The summed E-state index contributed by atoms with van der Waals surface area (Å²) >= 11 is 0. The first-order valence-corrected chi connectivity index (χ1v) is 6.12. The molecule has 4 rings (SSSR count). The second-order valence-electron chi connectivity index (χ2n) is 4.53. The highest BCUT2D eigenvalue weighted by Crippen LogP contribution is 2.22. The van der Waals surface area contributed by atoms with Crippen LogP contribution in [0, 0.1) is 0 Å². The lowest BCUT2D eigenvalue weighted by molar-refractivity contribution is 0.768. The number of fused-ring (bicyclic) bond motifs is 1. The standard InChI is InChI=1S/C13H11N7/c1-19-7-10(4-18-19)12-5-15-13-6-14-11(8-20(12)13)9-2-16-17-3-9/h2-8H,1H3,(H,16,17). The lowest BCUT2D eigenvalue weighted by Gasteiger charge is -2.01. The third-order valence-corrected chi connectivity index (χ3v) is 3.19. The zero-order valence-electron chi connectivity index (χ0n) is 10.7. The van der Waals surface area contributed by atoms with Crippen molar-refractivity contribution in [3.63, 3.8) is 0 Å². The number of hydrogen-bond acceptors (Lipinski definition) is 4. The van der Waals surface area contributed by atoms with Gasteiger partial charge in [-0.2, -0.15) is 10.2 Å². The molecule has 0 radical (unpaired) electrons. The van der Waals surface area contributed by atoms with E-state index in [0.29, 0.717) is 0 Å². The molecule has 1 N–H and O–H groups in total. The van der Waals surface area contributed by atoms with Gasteiger partial charge in [-0.15, -0.1) is 0 Å². The number of aromatic nitrogens is 7. The average molecular weight is 265 g/mol. The summed E-state index contributed by atoms with van der Waals surface area (Å²) in [6.07, 6.45) is 12.9. The summed E-state index contributed by atoms with van der Waals surface area (Å²) in [5, 5.41) is 10.9. The fourth-order valence-electron chi connectivity index (χ4n) is 2.20. The van der Waals surface area contributed by atoms with Gasteiger partial charge in [0.2, 0.25) is 0 Å². The highest BCUT2D eigenvalue weighted by atomic mass is 15.2. The Kier molecular flexibility index (Phi) is 2.19. The molecular weight excluding hydrogens is 254 g/mol. The number of hydrogen-bond donors (Lipinski definition) is 1. The molecule has 0 fully saturated rings. The van der Waals surface area contributed by atoms with E-state index in [1.54, 1.807) is 17.1 Å². The SMILES string of the molecule is Cn1cc(-c2cnc3cnc(-c4cn[nH]c4)cn23)cn1. The molecule has 0 saturated carbocycles. The van der Waals surface area contributed by atoms with Crippen LogP contribution >= 0.6 is 0 Å². The molecule has 0 aliphatic carbocycles. The zero-order chi connectivity index (χ0) is 13.5. The Balaban J connectivity index is 1.92. The van der Waals surface area contributed by atoms with Crippen LogP contribution in [0.25, 0.3) is 28.2 Å². The highest BCUT2D eigenvalue weighted by Gasteiger charge is 2.10. The minimum absolute atomic E-state index is 0.802. The lowest BCUT2D eigenvalue weighted by Crippen LogP contribution is -1.92. The van der Waals surface area contributed by atoms with E-state index in [0.717, 1.165) is 28.2 Å². The van der Waals surface area contributed by atoms with Crippen molar-refractivity contribution in [3.05, 3.63) is 43.4 Å². The molecule has 0 aliphatic rings. The molecule has 0 aromatic carbocycles. The predicted octanol–water partition coefficient (Wildman–Crippen LogP) is 1.52. The van der Waals surface area contributed by atoms with Crippen molar-refractivity contribution >= 4 is 5.65 Å². The van der Waals surface area contributed by atoms with Crippen molar-refractivity contribution in [1.29, 1.82) is 0 Å². The first kappa shape index (κ1) is 10.9. The maximum absolute atomic E-state index is 4.40. The number of nitrogens with one attached hydrogen (secondary N) is 1. The summed E-state index contributed by atoms with van der Waals surface area (Å²) < 4.78 is 3.78. The summed E-state index contributed by atoms with van der Waals surface area (Å²) in [5.74, 6) is 0. The zero-order valence-corrected chi connectivity index (χ0v) is 10.7. The summed E-state index contributed by atoms with van der Waals surface area (Å²) in [4.78, 5) is 8.76. The average Bonchev–Trinajstić information content (AvgIpc) is 3.17. The quantitative estimate of drug-likeness (QED) is 0.596. The van der Waals surface area contributed by atoms with Crippen LogP contribution in [-0.4, -0.2) is 34.3 Å². The minimum Gasteiger partial charge on any atom is -0.296 e. The van der Waals surface area contributed by atoms with Crippen LogP contribution in [0.15, 0.2) is 43.4 Å². The lowest BCUT2D eigenvalue weighted by atomic mass is 10.2. The first-order valence-electron chi connectivity index (χ1n) is 6.12. The van der Waals surface area contributed by atoms with E-state index in [9.17, 15) is 0 Å². The Morgan fingerprint density at radius 1 is 1.00 bits per heavy atom. The maximum atomic E-state index is 4.40. The number of aryl methyl sites for hydroxylation is 1. The number of imidazole rings is 1. The second kappa shape index (κ2) is 4.02. The molecule has 0 unspecified atom stereocenters. The molecule has 0 saturated heterocycles. The third kappa shape index (κ3) is 1.60. The molecule has 4 heterocycles. The van der Waals surface area contributed by atoms with Crippen molar-refractivity contribution in [2.45, 2.75) is 0 Å². The summed E-state index contributed by atoms with van der Waals surface area (Å²) in [5.41, 5.74) is 4.59. The van der Waals surface area contributed by atoms with Gasteiger partial charge < -0.3 is 0 Å². The van der Waals surface area contributed by atoms with Crippen LogP contribution in [0.3, 0.4) is 0 Å². The fourth-order valence-corrected chi connectivity index (χ4v) is 2.20. The monoisotopic (exact) mass is 265 g/mol. The van der Waals surface area contributed by atoms with E-state index in [4.69, 9.17) is 0 Å². The molecular formula is C13H11N7. The smallest absolute Gasteiger partial charge is 0.155 e. The van der Waals surface area contributed by atoms with Crippen molar-refractivity contribution in [1.82, 2.24) is 34.3 Å². The summed E-state index contributed by atoms with van der Waals surface area (Å²) in [6, 6.07) is 0. The molecule has 0 spiro atoms. The predicted molar refractivity (Wildman–Crippen MR) is 72.8 cm³/mol. The Bertz CT molecular complexity index is 869. The number of nitrogens with zero attached hydrogens (tertiary/aromatic N) is 6. The summed E-state index contributed by atoms with van der Waals surface area (Å²) in [7, 11) is 1.89. The molecule has 7 nitrogen and oxygen atoms in total. The van der Waals surface area contributed by atoms with Gasteiger partial charge in [0.15, 0.2) is 5.65 Å². The van der Waals surface area contributed by atoms with Gasteiger partial charge in [-0.25, -0.2) is 4.98 Å². The number of H-pyrrole nitrogens is 1. The molecule has 0 aliphatic heterocycles. The van der Waals surface area contributed by atoms with Crippen LogP contribution < -0.4 is 0 Å². The fraction of sp³-hybridized carbons (Fsp3) is 0.0769.